The Morgan fingerprint density at radius 3 is 2.36 bits per heavy atom. The van der Waals surface area contributed by atoms with Crippen LogP contribution in [0.15, 0.2) is 36.4 Å². The molecule has 4 nitrogen and oxygen atoms in total. The fourth-order valence-corrected chi connectivity index (χ4v) is 3.64. The van der Waals surface area contributed by atoms with E-state index < -0.39 is 11.3 Å². The van der Waals surface area contributed by atoms with Gasteiger partial charge >= 0.3 is 11.3 Å². The molecule has 0 aromatic heterocycles. The molecule has 0 aliphatic rings. The minimum absolute atomic E-state index is 0.626. The van der Waals surface area contributed by atoms with Crippen molar-refractivity contribution >= 4 is 17.0 Å². The van der Waals surface area contributed by atoms with E-state index >= 15 is 0 Å². The molecule has 154 valence electrons. The van der Waals surface area contributed by atoms with Crippen molar-refractivity contribution in [3.05, 3.63) is 53.1 Å². The van der Waals surface area contributed by atoms with Gasteiger partial charge in [-0.15, -0.1) is 0 Å². The Bertz CT molecular complexity index is 776. The lowest BCUT2D eigenvalue weighted by Gasteiger charge is -2.13. The Hall–Kier alpha value is -2.01. The molecular formula is C23H33NO3S. The van der Waals surface area contributed by atoms with Crippen LogP contribution in [0.25, 0.3) is 0 Å². The van der Waals surface area contributed by atoms with Gasteiger partial charge in [-0.3, -0.25) is 4.72 Å². The number of anilines is 1. The summed E-state index contributed by atoms with van der Waals surface area (Å²) in [6.07, 6.45) is 7.49. The van der Waals surface area contributed by atoms with Gasteiger partial charge in [0.25, 0.3) is 0 Å². The Kier molecular flexibility index (Phi) is 9.35. The summed E-state index contributed by atoms with van der Waals surface area (Å²) >= 11 is -1.66. The van der Waals surface area contributed by atoms with Gasteiger partial charge in [0.05, 0.1) is 6.61 Å². The molecule has 28 heavy (non-hydrogen) atoms. The van der Waals surface area contributed by atoms with Crippen LogP contribution in [-0.4, -0.2) is 10.8 Å². The summed E-state index contributed by atoms with van der Waals surface area (Å²) in [7, 11) is 0. The van der Waals surface area contributed by atoms with Gasteiger partial charge in [0.15, 0.2) is 0 Å². The highest BCUT2D eigenvalue weighted by molar-refractivity contribution is 7.81. The molecule has 1 unspecified atom stereocenters. The van der Waals surface area contributed by atoms with E-state index in [1.54, 1.807) is 0 Å². The molecule has 1 N–H and O–H groups in total. The molecule has 0 amide bonds. The maximum atomic E-state index is 12.3. The third-order valence-corrected chi connectivity index (χ3v) is 5.37. The van der Waals surface area contributed by atoms with Gasteiger partial charge in [-0.05, 0) is 68.1 Å². The maximum Gasteiger partial charge on any atom is 0.316 e. The summed E-state index contributed by atoms with van der Waals surface area (Å²) in [6, 6.07) is 11.6. The summed E-state index contributed by atoms with van der Waals surface area (Å²) in [5.41, 5.74) is 3.78. The second-order valence-corrected chi connectivity index (χ2v) is 8.13. The van der Waals surface area contributed by atoms with Crippen LogP contribution in [0, 0.1) is 20.8 Å². The summed E-state index contributed by atoms with van der Waals surface area (Å²) in [4.78, 5) is 0. The van der Waals surface area contributed by atoms with Gasteiger partial charge in [-0.25, -0.2) is 0 Å². The molecule has 0 saturated heterocycles. The maximum absolute atomic E-state index is 12.3. The molecule has 2 aromatic rings. The van der Waals surface area contributed by atoms with Crippen LogP contribution in [0.3, 0.4) is 0 Å². The topological polar surface area (TPSA) is 47.6 Å². The summed E-state index contributed by atoms with van der Waals surface area (Å²) in [5, 5.41) is 0. The molecule has 0 spiro atoms. The number of ether oxygens (including phenoxy) is 1. The van der Waals surface area contributed by atoms with Crippen LogP contribution < -0.4 is 13.6 Å². The van der Waals surface area contributed by atoms with E-state index in [0.717, 1.165) is 41.2 Å². The molecule has 0 radical (unpaired) electrons. The lowest BCUT2D eigenvalue weighted by Crippen LogP contribution is -2.12. The first-order chi connectivity index (χ1) is 13.5. The van der Waals surface area contributed by atoms with Crippen LogP contribution in [0.5, 0.6) is 11.5 Å². The molecule has 1 atom stereocenters. The van der Waals surface area contributed by atoms with Crippen molar-refractivity contribution < 1.29 is 13.1 Å². The van der Waals surface area contributed by atoms with Gasteiger partial charge < -0.3 is 8.92 Å². The van der Waals surface area contributed by atoms with Crippen molar-refractivity contribution in [1.82, 2.24) is 0 Å². The third kappa shape index (κ3) is 7.55. The predicted molar refractivity (Wildman–Crippen MR) is 118 cm³/mol. The van der Waals surface area contributed by atoms with Crippen molar-refractivity contribution in [1.29, 1.82) is 0 Å². The lowest BCUT2D eigenvalue weighted by molar-refractivity contribution is 0.302. The third-order valence-electron chi connectivity index (χ3n) is 4.64. The van der Waals surface area contributed by atoms with E-state index in [-0.39, 0.29) is 0 Å². The minimum Gasteiger partial charge on any atom is -0.493 e. The SMILES string of the molecule is CCCCCCCCOc1ccc(NS(=O)Oc2cc(C)ccc2C)cc1C. The fraction of sp³-hybridized carbons (Fsp3) is 0.478. The minimum atomic E-state index is -1.66. The van der Waals surface area contributed by atoms with E-state index in [4.69, 9.17) is 8.92 Å². The quantitative estimate of drug-likeness (QED) is 0.416. The average molecular weight is 404 g/mol. The van der Waals surface area contributed by atoms with Gasteiger partial charge in [-0.2, -0.15) is 4.21 Å². The van der Waals surface area contributed by atoms with E-state index in [1.807, 2.05) is 57.2 Å². The normalized spacial score (nSPS) is 11.9. The summed E-state index contributed by atoms with van der Waals surface area (Å²) in [5.74, 6) is 1.50. The molecule has 0 aliphatic heterocycles. The van der Waals surface area contributed by atoms with Crippen molar-refractivity contribution in [2.75, 3.05) is 11.3 Å². The fourth-order valence-electron chi connectivity index (χ4n) is 2.94. The number of aryl methyl sites for hydroxylation is 3. The zero-order valence-electron chi connectivity index (χ0n) is 17.5. The van der Waals surface area contributed by atoms with Crippen LogP contribution in [0.1, 0.15) is 62.1 Å². The van der Waals surface area contributed by atoms with Crippen molar-refractivity contribution in [2.45, 2.75) is 66.2 Å². The Labute approximate surface area is 172 Å². The van der Waals surface area contributed by atoms with Crippen molar-refractivity contribution in [3.63, 3.8) is 0 Å². The molecule has 2 rings (SSSR count). The smallest absolute Gasteiger partial charge is 0.316 e. The van der Waals surface area contributed by atoms with E-state index in [2.05, 4.69) is 11.6 Å². The molecule has 0 saturated carbocycles. The first kappa shape index (κ1) is 22.3. The van der Waals surface area contributed by atoms with Gasteiger partial charge in [-0.1, -0.05) is 51.2 Å². The van der Waals surface area contributed by atoms with Crippen molar-refractivity contribution in [2.24, 2.45) is 0 Å². The number of benzene rings is 2. The average Bonchev–Trinajstić information content (AvgIpc) is 2.65. The van der Waals surface area contributed by atoms with Gasteiger partial charge in [0, 0.05) is 5.69 Å². The molecule has 2 aromatic carbocycles. The molecule has 0 fully saturated rings. The highest BCUT2D eigenvalue weighted by atomic mass is 32.2. The molecule has 0 aliphatic carbocycles. The molecule has 0 heterocycles. The number of hydrogen-bond donors (Lipinski definition) is 1. The number of unbranched alkanes of at least 4 members (excludes halogenated alkanes) is 5. The predicted octanol–water partition coefficient (Wildman–Crippen LogP) is 6.42. The molecular weight excluding hydrogens is 370 g/mol. The van der Waals surface area contributed by atoms with E-state index in [0.29, 0.717) is 5.75 Å². The van der Waals surface area contributed by atoms with E-state index in [1.165, 1.54) is 32.1 Å². The molecule has 0 bridgehead atoms. The second kappa shape index (κ2) is 11.7. The Morgan fingerprint density at radius 2 is 1.61 bits per heavy atom. The number of hydrogen-bond acceptors (Lipinski definition) is 3. The monoisotopic (exact) mass is 403 g/mol. The van der Waals surface area contributed by atoms with Crippen LogP contribution in [-0.2, 0) is 11.3 Å². The number of nitrogens with one attached hydrogen (secondary N) is 1. The van der Waals surface area contributed by atoms with Gasteiger partial charge in [0.2, 0.25) is 0 Å². The Balaban J connectivity index is 1.81. The van der Waals surface area contributed by atoms with Crippen LogP contribution >= 0.6 is 0 Å². The van der Waals surface area contributed by atoms with E-state index in [9.17, 15) is 4.21 Å². The summed E-state index contributed by atoms with van der Waals surface area (Å²) in [6.45, 7) is 8.88. The zero-order chi connectivity index (χ0) is 20.4. The second-order valence-electron chi connectivity index (χ2n) is 7.29. The van der Waals surface area contributed by atoms with Crippen LogP contribution in [0.2, 0.25) is 0 Å². The first-order valence-electron chi connectivity index (χ1n) is 10.2. The lowest BCUT2D eigenvalue weighted by atomic mass is 10.1. The zero-order valence-corrected chi connectivity index (χ0v) is 18.4. The standard InChI is InChI=1S/C23H33NO3S/c1-5-6-7-8-9-10-15-26-22-14-13-21(17-20(22)4)24-28(25)27-23-16-18(2)11-12-19(23)3/h11-14,16-17,24H,5-10,15H2,1-4H3. The van der Waals surface area contributed by atoms with Gasteiger partial charge in [0.1, 0.15) is 11.5 Å². The largest absolute Gasteiger partial charge is 0.493 e. The first-order valence-corrected chi connectivity index (χ1v) is 11.2. The molecule has 5 heteroatoms. The van der Waals surface area contributed by atoms with Crippen LogP contribution in [0.4, 0.5) is 5.69 Å². The highest BCUT2D eigenvalue weighted by Gasteiger charge is 2.08. The number of rotatable bonds is 12. The van der Waals surface area contributed by atoms with Crippen molar-refractivity contribution in [3.8, 4) is 11.5 Å². The Morgan fingerprint density at radius 1 is 0.857 bits per heavy atom. The highest BCUT2D eigenvalue weighted by Crippen LogP contribution is 2.24. The summed E-state index contributed by atoms with van der Waals surface area (Å²) < 4.78 is 26.6.